The molecule has 0 bridgehead atoms. The molecule has 1 aromatic carbocycles. The number of carbonyl (C=O) groups is 1. The Bertz CT molecular complexity index is 1250. The lowest BCUT2D eigenvalue weighted by Crippen LogP contribution is -2.47. The highest BCUT2D eigenvalue weighted by molar-refractivity contribution is 7.17. The average molecular weight is 490 g/mol. The van der Waals surface area contributed by atoms with Gasteiger partial charge in [0.25, 0.3) is 5.91 Å². The van der Waals surface area contributed by atoms with Crippen molar-refractivity contribution in [1.82, 2.24) is 25.3 Å². The number of hydrogen-bond donors (Lipinski definition) is 2. The molecule has 1 aliphatic heterocycles. The molecule has 1 saturated heterocycles. The van der Waals surface area contributed by atoms with Gasteiger partial charge in [-0.2, -0.15) is 0 Å². The second-order valence-corrected chi connectivity index (χ2v) is 9.92. The highest BCUT2D eigenvalue weighted by Crippen LogP contribution is 2.25. The number of thiazole rings is 1. The van der Waals surface area contributed by atoms with Crippen LogP contribution in [-0.2, 0) is 6.42 Å². The minimum atomic E-state index is -0.0361. The van der Waals surface area contributed by atoms with Gasteiger partial charge in [-0.3, -0.25) is 4.79 Å². The van der Waals surface area contributed by atoms with Gasteiger partial charge in [-0.25, -0.2) is 15.0 Å². The topological polar surface area (TPSA) is 90.0 Å². The molecule has 0 saturated carbocycles. The quantitative estimate of drug-likeness (QED) is 0.365. The van der Waals surface area contributed by atoms with E-state index in [-0.39, 0.29) is 11.9 Å². The highest BCUT2D eigenvalue weighted by Gasteiger charge is 2.23. The van der Waals surface area contributed by atoms with E-state index in [0.29, 0.717) is 4.88 Å². The summed E-state index contributed by atoms with van der Waals surface area (Å²) in [7, 11) is 0. The number of fused-ring (bicyclic) bond motifs is 1. The highest BCUT2D eigenvalue weighted by atomic mass is 32.1. The Morgan fingerprint density at radius 2 is 1.86 bits per heavy atom. The van der Waals surface area contributed by atoms with Crippen molar-refractivity contribution in [2.75, 3.05) is 36.0 Å². The molecule has 0 radical (unpaired) electrons. The fraction of sp³-hybridized carbons (Fsp3) is 0.385. The smallest absolute Gasteiger partial charge is 0.263 e. The second kappa shape index (κ2) is 10.9. The molecule has 0 aliphatic carbocycles. The molecule has 1 aliphatic rings. The van der Waals surface area contributed by atoms with Crippen LogP contribution in [0.5, 0.6) is 0 Å². The van der Waals surface area contributed by atoms with E-state index in [9.17, 15) is 4.79 Å². The van der Waals surface area contributed by atoms with E-state index >= 15 is 0 Å². The fourth-order valence-corrected chi connectivity index (χ4v) is 5.44. The average Bonchev–Trinajstić information content (AvgIpc) is 3.56. The van der Waals surface area contributed by atoms with Crippen LogP contribution in [0, 0.1) is 0 Å². The van der Waals surface area contributed by atoms with Crippen LogP contribution in [0.25, 0.3) is 10.9 Å². The summed E-state index contributed by atoms with van der Waals surface area (Å²) in [6.45, 7) is 5.49. The van der Waals surface area contributed by atoms with Crippen molar-refractivity contribution in [2.24, 2.45) is 0 Å². The van der Waals surface area contributed by atoms with E-state index in [4.69, 9.17) is 0 Å². The van der Waals surface area contributed by atoms with Gasteiger partial charge in [0.15, 0.2) is 5.13 Å². The predicted molar refractivity (Wildman–Crippen MR) is 141 cm³/mol. The summed E-state index contributed by atoms with van der Waals surface area (Å²) < 4.78 is 0. The number of H-pyrrole nitrogens is 1. The number of anilines is 2. The maximum Gasteiger partial charge on any atom is 0.263 e. The lowest BCUT2D eigenvalue weighted by Gasteiger charge is -2.34. The molecule has 8 nitrogen and oxygen atoms in total. The van der Waals surface area contributed by atoms with Crippen LogP contribution >= 0.6 is 11.3 Å². The Morgan fingerprint density at radius 3 is 2.66 bits per heavy atom. The zero-order valence-corrected chi connectivity index (χ0v) is 20.8. The van der Waals surface area contributed by atoms with Crippen LogP contribution < -0.4 is 15.1 Å². The van der Waals surface area contributed by atoms with Crippen molar-refractivity contribution in [2.45, 2.75) is 38.6 Å². The largest absolute Gasteiger partial charge is 0.361 e. The number of nitrogens with zero attached hydrogens (tertiary/aromatic N) is 5. The number of unbranched alkanes of at least 4 members (excludes halogenated alkanes) is 1. The van der Waals surface area contributed by atoms with Gasteiger partial charge in [0.05, 0.1) is 6.20 Å². The molecule has 35 heavy (non-hydrogen) atoms. The molecule has 182 valence electrons. The molecule has 2 N–H and O–H groups in total. The van der Waals surface area contributed by atoms with Gasteiger partial charge in [0.1, 0.15) is 4.88 Å². The summed E-state index contributed by atoms with van der Waals surface area (Å²) in [5, 5.41) is 5.41. The first-order valence-corrected chi connectivity index (χ1v) is 13.1. The van der Waals surface area contributed by atoms with Crippen molar-refractivity contribution in [3.8, 4) is 0 Å². The van der Waals surface area contributed by atoms with Gasteiger partial charge in [-0.05, 0) is 30.5 Å². The van der Waals surface area contributed by atoms with Crippen molar-refractivity contribution in [3.05, 3.63) is 65.6 Å². The van der Waals surface area contributed by atoms with E-state index in [1.165, 1.54) is 22.3 Å². The maximum atomic E-state index is 13.2. The third kappa shape index (κ3) is 5.45. The maximum absolute atomic E-state index is 13.2. The van der Waals surface area contributed by atoms with E-state index in [2.05, 4.69) is 66.4 Å². The van der Waals surface area contributed by atoms with Gasteiger partial charge in [0.2, 0.25) is 5.95 Å². The SMILES string of the molecule is CCCCC(Cc1c[nH]c2ccccc12)NC(=O)c1cnc(N2CCN(c3ncccn3)CC2)s1. The lowest BCUT2D eigenvalue weighted by atomic mass is 10.0. The first-order valence-electron chi connectivity index (χ1n) is 12.3. The number of carbonyl (C=O) groups excluding carboxylic acids is 1. The van der Waals surface area contributed by atoms with Crippen LogP contribution in [0.2, 0.25) is 0 Å². The molecule has 0 spiro atoms. The van der Waals surface area contributed by atoms with E-state index < -0.39 is 0 Å². The van der Waals surface area contributed by atoms with Crippen LogP contribution in [0.1, 0.15) is 41.4 Å². The van der Waals surface area contributed by atoms with Crippen molar-refractivity contribution in [3.63, 3.8) is 0 Å². The third-order valence-corrected chi connectivity index (χ3v) is 7.54. The first-order chi connectivity index (χ1) is 17.2. The molecule has 1 atom stereocenters. The molecule has 9 heteroatoms. The Morgan fingerprint density at radius 1 is 1.09 bits per heavy atom. The Hall–Kier alpha value is -3.46. The molecule has 1 fully saturated rings. The molecule has 1 amide bonds. The normalized spacial score (nSPS) is 14.9. The summed E-state index contributed by atoms with van der Waals surface area (Å²) >= 11 is 1.47. The summed E-state index contributed by atoms with van der Waals surface area (Å²) in [5.74, 6) is 0.727. The van der Waals surface area contributed by atoms with Crippen molar-refractivity contribution >= 4 is 39.2 Å². The number of para-hydroxylation sites is 1. The minimum absolute atomic E-state index is 0.0361. The van der Waals surface area contributed by atoms with Crippen LogP contribution in [0.4, 0.5) is 11.1 Å². The van der Waals surface area contributed by atoms with Crippen LogP contribution in [-0.4, -0.2) is 58.1 Å². The molecular formula is C26H31N7OS. The minimum Gasteiger partial charge on any atom is -0.361 e. The molecule has 4 aromatic rings. The van der Waals surface area contributed by atoms with Gasteiger partial charge in [-0.15, -0.1) is 0 Å². The number of hydrogen-bond acceptors (Lipinski definition) is 7. The van der Waals surface area contributed by atoms with Gasteiger partial charge < -0.3 is 20.1 Å². The molecule has 4 heterocycles. The predicted octanol–water partition coefficient (Wildman–Crippen LogP) is 4.27. The third-order valence-electron chi connectivity index (χ3n) is 6.49. The van der Waals surface area contributed by atoms with Gasteiger partial charge >= 0.3 is 0 Å². The zero-order chi connectivity index (χ0) is 24.0. The van der Waals surface area contributed by atoms with E-state index in [1.807, 2.05) is 12.1 Å². The van der Waals surface area contributed by atoms with Gasteiger partial charge in [0, 0.05) is 61.7 Å². The number of aromatic amines is 1. The zero-order valence-electron chi connectivity index (χ0n) is 20.0. The van der Waals surface area contributed by atoms with Crippen LogP contribution in [0.3, 0.4) is 0 Å². The monoisotopic (exact) mass is 489 g/mol. The number of piperazine rings is 1. The number of rotatable bonds is 9. The Labute approximate surface area is 209 Å². The first kappa shape index (κ1) is 23.3. The number of benzene rings is 1. The molecule has 5 rings (SSSR count). The standard InChI is InChI=1S/C26H31N7OS/c1-2-3-7-20(16-19-17-29-22-9-5-4-8-21(19)22)31-24(34)23-18-30-26(35-23)33-14-12-32(13-15-33)25-27-10-6-11-28-25/h4-6,8-11,17-18,20,29H,2-3,7,12-16H2,1H3,(H,31,34). The van der Waals surface area contributed by atoms with Crippen LogP contribution in [0.15, 0.2) is 55.1 Å². The second-order valence-electron chi connectivity index (χ2n) is 8.91. The van der Waals surface area contributed by atoms with E-state index in [1.54, 1.807) is 18.6 Å². The number of nitrogens with one attached hydrogen (secondary N) is 2. The fourth-order valence-electron chi connectivity index (χ4n) is 4.57. The van der Waals surface area contributed by atoms with Crippen molar-refractivity contribution < 1.29 is 4.79 Å². The summed E-state index contributed by atoms with van der Waals surface area (Å²) in [6, 6.07) is 10.2. The number of aromatic nitrogens is 4. The summed E-state index contributed by atoms with van der Waals surface area (Å²) in [6.07, 6.45) is 11.3. The molecule has 3 aromatic heterocycles. The van der Waals surface area contributed by atoms with E-state index in [0.717, 1.165) is 68.5 Å². The van der Waals surface area contributed by atoms with Crippen molar-refractivity contribution in [1.29, 1.82) is 0 Å². The Balaban J connectivity index is 1.21. The van der Waals surface area contributed by atoms with Gasteiger partial charge in [-0.1, -0.05) is 49.3 Å². The number of amides is 1. The summed E-state index contributed by atoms with van der Waals surface area (Å²) in [4.78, 5) is 34.9. The lowest BCUT2D eigenvalue weighted by molar-refractivity contribution is 0.0938. The summed E-state index contributed by atoms with van der Waals surface area (Å²) in [5.41, 5.74) is 2.38. The Kier molecular flexibility index (Phi) is 7.23. The molecular weight excluding hydrogens is 458 g/mol. The molecule has 1 unspecified atom stereocenters.